The Morgan fingerprint density at radius 3 is 2.62 bits per heavy atom. The Labute approximate surface area is 124 Å². The second-order valence-electron chi connectivity index (χ2n) is 5.10. The van der Waals surface area contributed by atoms with Crippen molar-refractivity contribution in [1.29, 1.82) is 0 Å². The third-order valence-electron chi connectivity index (χ3n) is 3.13. The predicted molar refractivity (Wildman–Crippen MR) is 82.3 cm³/mol. The van der Waals surface area contributed by atoms with Crippen LogP contribution in [-0.2, 0) is 13.0 Å². The molecule has 0 bridgehead atoms. The van der Waals surface area contributed by atoms with Crippen LogP contribution < -0.4 is 10.2 Å². The number of benzene rings is 1. The Kier molecular flexibility index (Phi) is 4.92. The first-order valence-electron chi connectivity index (χ1n) is 7.06. The van der Waals surface area contributed by atoms with Gasteiger partial charge < -0.3 is 10.2 Å². The molecule has 0 unspecified atom stereocenters. The van der Waals surface area contributed by atoms with Gasteiger partial charge in [0.05, 0.1) is 0 Å². The van der Waals surface area contributed by atoms with E-state index in [0.717, 1.165) is 29.9 Å². The lowest BCUT2D eigenvalue weighted by atomic mass is 10.2. The standard InChI is InChI=1S/C15H21N5O/c1-4-5-13-17-14(19-18-13)15(21)16-10-11-6-8-12(9-7-11)20(2)3/h6-9H,4-5,10H2,1-3H3,(H,16,21)(H,17,18,19). The average molecular weight is 287 g/mol. The van der Waals surface area contributed by atoms with E-state index in [0.29, 0.717) is 6.54 Å². The topological polar surface area (TPSA) is 73.9 Å². The number of anilines is 1. The molecule has 2 rings (SSSR count). The number of aromatic amines is 1. The highest BCUT2D eigenvalue weighted by atomic mass is 16.2. The SMILES string of the molecule is CCCc1nc(C(=O)NCc2ccc(N(C)C)cc2)n[nH]1. The third-order valence-corrected chi connectivity index (χ3v) is 3.13. The molecule has 6 heteroatoms. The lowest BCUT2D eigenvalue weighted by molar-refractivity contribution is 0.0941. The van der Waals surface area contributed by atoms with E-state index < -0.39 is 0 Å². The fourth-order valence-electron chi connectivity index (χ4n) is 1.92. The third kappa shape index (κ3) is 4.05. The molecular formula is C15H21N5O. The minimum Gasteiger partial charge on any atom is -0.378 e. The van der Waals surface area contributed by atoms with E-state index >= 15 is 0 Å². The average Bonchev–Trinajstić information content (AvgIpc) is 2.94. The van der Waals surface area contributed by atoms with Crippen molar-refractivity contribution < 1.29 is 4.79 Å². The van der Waals surface area contributed by atoms with Crippen LogP contribution in [-0.4, -0.2) is 35.2 Å². The van der Waals surface area contributed by atoms with Crippen LogP contribution in [0.25, 0.3) is 0 Å². The summed E-state index contributed by atoms with van der Waals surface area (Å²) in [6, 6.07) is 8.04. The summed E-state index contributed by atoms with van der Waals surface area (Å²) in [7, 11) is 3.99. The molecule has 0 aliphatic heterocycles. The largest absolute Gasteiger partial charge is 0.378 e. The number of rotatable bonds is 6. The zero-order valence-corrected chi connectivity index (χ0v) is 12.7. The van der Waals surface area contributed by atoms with Gasteiger partial charge in [0.1, 0.15) is 5.82 Å². The maximum atomic E-state index is 11.9. The molecule has 0 aliphatic carbocycles. The molecule has 112 valence electrons. The lowest BCUT2D eigenvalue weighted by Crippen LogP contribution is -2.24. The summed E-state index contributed by atoms with van der Waals surface area (Å²) < 4.78 is 0. The summed E-state index contributed by atoms with van der Waals surface area (Å²) in [5, 5.41) is 9.53. The first-order chi connectivity index (χ1) is 10.1. The minimum atomic E-state index is -0.259. The minimum absolute atomic E-state index is 0.198. The quantitative estimate of drug-likeness (QED) is 0.849. The Balaban J connectivity index is 1.90. The van der Waals surface area contributed by atoms with Crippen LogP contribution in [0.1, 0.15) is 35.4 Å². The van der Waals surface area contributed by atoms with E-state index in [2.05, 4.69) is 27.4 Å². The smallest absolute Gasteiger partial charge is 0.291 e. The van der Waals surface area contributed by atoms with Gasteiger partial charge >= 0.3 is 0 Å². The van der Waals surface area contributed by atoms with Gasteiger partial charge in [0.2, 0.25) is 5.82 Å². The normalized spacial score (nSPS) is 10.4. The summed E-state index contributed by atoms with van der Waals surface area (Å²) in [6.45, 7) is 2.52. The van der Waals surface area contributed by atoms with Crippen LogP contribution in [0, 0.1) is 0 Å². The molecule has 0 spiro atoms. The fourth-order valence-corrected chi connectivity index (χ4v) is 1.92. The highest BCUT2D eigenvalue weighted by molar-refractivity contribution is 5.90. The van der Waals surface area contributed by atoms with E-state index in [1.54, 1.807) is 0 Å². The second-order valence-corrected chi connectivity index (χ2v) is 5.10. The van der Waals surface area contributed by atoms with Crippen molar-refractivity contribution in [3.05, 3.63) is 41.5 Å². The van der Waals surface area contributed by atoms with Gasteiger partial charge in [-0.3, -0.25) is 9.89 Å². The van der Waals surface area contributed by atoms with E-state index in [9.17, 15) is 4.79 Å². The highest BCUT2D eigenvalue weighted by Crippen LogP contribution is 2.12. The van der Waals surface area contributed by atoms with Gasteiger partial charge in [0, 0.05) is 32.7 Å². The summed E-state index contributed by atoms with van der Waals surface area (Å²) in [4.78, 5) is 18.1. The first kappa shape index (κ1) is 15.0. The molecule has 0 saturated heterocycles. The zero-order chi connectivity index (χ0) is 15.2. The summed E-state index contributed by atoms with van der Waals surface area (Å²) in [6.07, 6.45) is 1.76. The van der Waals surface area contributed by atoms with Crippen molar-refractivity contribution in [3.8, 4) is 0 Å². The maximum Gasteiger partial charge on any atom is 0.291 e. The van der Waals surface area contributed by atoms with E-state index in [-0.39, 0.29) is 11.7 Å². The van der Waals surface area contributed by atoms with Gasteiger partial charge in [-0.25, -0.2) is 4.98 Å². The number of carbonyl (C=O) groups excluding carboxylic acids is 1. The molecule has 0 aliphatic rings. The molecule has 1 amide bonds. The van der Waals surface area contributed by atoms with Gasteiger partial charge in [-0.1, -0.05) is 19.1 Å². The highest BCUT2D eigenvalue weighted by Gasteiger charge is 2.11. The molecule has 2 aromatic rings. The molecule has 0 saturated carbocycles. The second kappa shape index (κ2) is 6.88. The van der Waals surface area contributed by atoms with Crippen molar-refractivity contribution in [2.45, 2.75) is 26.3 Å². The Bertz CT molecular complexity index is 588. The number of H-pyrrole nitrogens is 1. The zero-order valence-electron chi connectivity index (χ0n) is 12.7. The number of nitrogens with zero attached hydrogens (tertiary/aromatic N) is 3. The van der Waals surface area contributed by atoms with Crippen LogP contribution in [0.15, 0.2) is 24.3 Å². The molecule has 0 fully saturated rings. The van der Waals surface area contributed by atoms with Crippen LogP contribution in [0.4, 0.5) is 5.69 Å². The van der Waals surface area contributed by atoms with Gasteiger partial charge in [-0.15, -0.1) is 5.10 Å². The number of hydrogen-bond acceptors (Lipinski definition) is 4. The number of aromatic nitrogens is 3. The van der Waals surface area contributed by atoms with Crippen molar-refractivity contribution >= 4 is 11.6 Å². The molecule has 21 heavy (non-hydrogen) atoms. The number of aryl methyl sites for hydroxylation is 1. The number of hydrogen-bond donors (Lipinski definition) is 2. The molecular weight excluding hydrogens is 266 g/mol. The van der Waals surface area contributed by atoms with Crippen molar-refractivity contribution in [2.75, 3.05) is 19.0 Å². The Morgan fingerprint density at radius 2 is 2.00 bits per heavy atom. The molecule has 6 nitrogen and oxygen atoms in total. The van der Waals surface area contributed by atoms with E-state index in [1.807, 2.05) is 43.3 Å². The summed E-state index contributed by atoms with van der Waals surface area (Å²) >= 11 is 0. The van der Waals surface area contributed by atoms with Gasteiger partial charge in [-0.05, 0) is 24.1 Å². The predicted octanol–water partition coefficient (Wildman–Crippen LogP) is 1.75. The van der Waals surface area contributed by atoms with Gasteiger partial charge in [0.25, 0.3) is 5.91 Å². The molecule has 2 N–H and O–H groups in total. The molecule has 1 aromatic carbocycles. The number of amides is 1. The number of nitrogens with one attached hydrogen (secondary N) is 2. The van der Waals surface area contributed by atoms with Crippen LogP contribution in [0.2, 0.25) is 0 Å². The van der Waals surface area contributed by atoms with Crippen molar-refractivity contribution in [3.63, 3.8) is 0 Å². The molecule has 0 atom stereocenters. The van der Waals surface area contributed by atoms with Crippen molar-refractivity contribution in [2.24, 2.45) is 0 Å². The van der Waals surface area contributed by atoms with Crippen LogP contribution in [0.3, 0.4) is 0 Å². The Morgan fingerprint density at radius 1 is 1.29 bits per heavy atom. The van der Waals surface area contributed by atoms with E-state index in [4.69, 9.17) is 0 Å². The van der Waals surface area contributed by atoms with Crippen molar-refractivity contribution in [1.82, 2.24) is 20.5 Å². The molecule has 0 radical (unpaired) electrons. The molecule has 1 aromatic heterocycles. The van der Waals surface area contributed by atoms with Crippen LogP contribution >= 0.6 is 0 Å². The summed E-state index contributed by atoms with van der Waals surface area (Å²) in [5.41, 5.74) is 2.17. The first-order valence-corrected chi connectivity index (χ1v) is 7.06. The maximum absolute atomic E-state index is 11.9. The van der Waals surface area contributed by atoms with E-state index in [1.165, 1.54) is 0 Å². The fraction of sp³-hybridized carbons (Fsp3) is 0.400. The summed E-state index contributed by atoms with van der Waals surface area (Å²) in [5.74, 6) is 0.687. The Hall–Kier alpha value is -2.37. The number of carbonyl (C=O) groups is 1. The lowest BCUT2D eigenvalue weighted by Gasteiger charge is -2.12. The monoisotopic (exact) mass is 287 g/mol. The van der Waals surface area contributed by atoms with Gasteiger partial charge in [-0.2, -0.15) is 0 Å². The molecule has 1 heterocycles. The van der Waals surface area contributed by atoms with Gasteiger partial charge in [0.15, 0.2) is 0 Å². The van der Waals surface area contributed by atoms with Crippen LogP contribution in [0.5, 0.6) is 0 Å².